The van der Waals surface area contributed by atoms with Crippen molar-refractivity contribution in [1.82, 2.24) is 20.0 Å². The first-order valence-corrected chi connectivity index (χ1v) is 23.2. The molecule has 1 fully saturated rings. The van der Waals surface area contributed by atoms with Crippen LogP contribution in [0, 0.1) is 0 Å². The van der Waals surface area contributed by atoms with Gasteiger partial charge in [0.15, 0.2) is 5.69 Å². The first-order chi connectivity index (χ1) is 33.3. The Morgan fingerprint density at radius 2 is 1.46 bits per heavy atom. The highest BCUT2D eigenvalue weighted by atomic mass is 35.5. The Labute approximate surface area is 410 Å². The number of hydrogen-bond donors (Lipinski definition) is 3. The lowest BCUT2D eigenvalue weighted by Crippen LogP contribution is -2.55. The number of amides is 3. The van der Waals surface area contributed by atoms with E-state index in [-0.39, 0.29) is 44.4 Å². The molecular formula is C48H59Cl2N5O14. The molecule has 374 valence electrons. The Balaban J connectivity index is 1.09. The Bertz CT molecular complexity index is 2380. The third kappa shape index (κ3) is 14.8. The Hall–Kier alpha value is -5.35. The van der Waals surface area contributed by atoms with Gasteiger partial charge in [0.1, 0.15) is 24.1 Å². The van der Waals surface area contributed by atoms with E-state index in [1.54, 1.807) is 59.2 Å². The van der Waals surface area contributed by atoms with Gasteiger partial charge in [0, 0.05) is 58.6 Å². The maximum atomic E-state index is 14.4. The summed E-state index contributed by atoms with van der Waals surface area (Å²) in [5.74, 6) is -1.96. The van der Waals surface area contributed by atoms with Crippen molar-refractivity contribution in [3.8, 4) is 39.6 Å². The fraction of sp³-hybridized carbons (Fsp3) is 0.479. The van der Waals surface area contributed by atoms with Gasteiger partial charge in [0.25, 0.3) is 5.91 Å². The first-order valence-electron chi connectivity index (χ1n) is 22.4. The SMILES string of the molecule is COCCOCCOCCOCCOCCOCCC(=O)N[C@H](CC(=O)O)C(=O)Nc1cccc(-c2cc3c(cc2OC)OCc2c(C(=O)N4CCOCC4(C)C)nn(-c4cc(Cl)cc(Cl)c4)c2-3)c1. The van der Waals surface area contributed by atoms with E-state index < -0.39 is 35.8 Å². The van der Waals surface area contributed by atoms with Gasteiger partial charge in [-0.15, -0.1) is 0 Å². The van der Waals surface area contributed by atoms with Gasteiger partial charge in [-0.2, -0.15) is 5.10 Å². The zero-order valence-electron chi connectivity index (χ0n) is 39.1. The van der Waals surface area contributed by atoms with Crippen LogP contribution in [0.25, 0.3) is 28.1 Å². The number of hydrogen-bond acceptors (Lipinski definition) is 14. The minimum absolute atomic E-state index is 0.0219. The van der Waals surface area contributed by atoms with Gasteiger partial charge in [-0.25, -0.2) is 4.68 Å². The number of aliphatic carboxylic acids is 1. The van der Waals surface area contributed by atoms with Crippen LogP contribution < -0.4 is 20.1 Å². The van der Waals surface area contributed by atoms with Crippen molar-refractivity contribution in [2.24, 2.45) is 0 Å². The first kappa shape index (κ1) is 53.0. The van der Waals surface area contributed by atoms with Crippen molar-refractivity contribution in [2.45, 2.75) is 44.9 Å². The Morgan fingerprint density at radius 1 is 0.826 bits per heavy atom. The predicted molar refractivity (Wildman–Crippen MR) is 255 cm³/mol. The molecule has 1 saturated heterocycles. The van der Waals surface area contributed by atoms with E-state index in [9.17, 15) is 24.3 Å². The molecule has 21 heteroatoms. The number of aromatic nitrogens is 2. The zero-order chi connectivity index (χ0) is 49.3. The molecule has 2 aliphatic rings. The smallest absolute Gasteiger partial charge is 0.305 e. The maximum absolute atomic E-state index is 14.4. The number of ether oxygens (including phenoxy) is 9. The molecule has 1 atom stereocenters. The minimum atomic E-state index is -1.39. The fourth-order valence-electron chi connectivity index (χ4n) is 7.59. The standard InChI is InChI=1S/C48H59Cl2N5O14/c1-48(2)30-68-11-9-54(48)47(60)44-38-29-69-41-28-40(62-4)36(26-37(41)45(38)55(53-44)35-24-32(49)23-33(50)25-35)31-6-5-7-34(22-31)51-46(59)39(27-43(57)58)52-42(56)8-10-63-14-15-65-18-19-67-21-20-66-17-16-64-13-12-61-3/h5-7,22-26,28,39H,8-21,27,29-30H2,1-4H3,(H,51,59)(H,52,56)(H,57,58)/t39-/m1/s1. The number of halogens is 2. The van der Waals surface area contributed by atoms with Crippen LogP contribution in [0.1, 0.15) is 42.7 Å². The molecule has 0 aliphatic carbocycles. The number of carboxylic acid groups (broad SMARTS) is 1. The zero-order valence-corrected chi connectivity index (χ0v) is 40.7. The van der Waals surface area contributed by atoms with E-state index in [0.29, 0.717) is 133 Å². The molecule has 0 spiro atoms. The average Bonchev–Trinajstić information content (AvgIpc) is 3.71. The number of rotatable bonds is 27. The van der Waals surface area contributed by atoms with E-state index in [4.69, 9.17) is 70.9 Å². The average molecular weight is 1000 g/mol. The second-order valence-electron chi connectivity index (χ2n) is 16.5. The summed E-state index contributed by atoms with van der Waals surface area (Å²) in [4.78, 5) is 54.4. The van der Waals surface area contributed by atoms with Crippen LogP contribution in [0.3, 0.4) is 0 Å². The van der Waals surface area contributed by atoms with E-state index in [1.807, 2.05) is 26.0 Å². The Kier molecular flexibility index (Phi) is 20.0. The summed E-state index contributed by atoms with van der Waals surface area (Å²) in [6.45, 7) is 9.14. The molecule has 0 saturated carbocycles. The van der Waals surface area contributed by atoms with Gasteiger partial charge in [-0.1, -0.05) is 35.3 Å². The number of methoxy groups -OCH3 is 2. The molecule has 2 aliphatic heterocycles. The maximum Gasteiger partial charge on any atom is 0.305 e. The lowest BCUT2D eigenvalue weighted by atomic mass is 9.95. The van der Waals surface area contributed by atoms with Crippen LogP contribution in [0.4, 0.5) is 5.69 Å². The molecule has 3 amide bonds. The molecule has 0 bridgehead atoms. The van der Waals surface area contributed by atoms with Crippen LogP contribution >= 0.6 is 23.2 Å². The number of nitrogens with zero attached hydrogens (tertiary/aromatic N) is 3. The fourth-order valence-corrected chi connectivity index (χ4v) is 8.10. The second kappa shape index (κ2) is 26.0. The molecule has 0 radical (unpaired) electrons. The van der Waals surface area contributed by atoms with Crippen molar-refractivity contribution in [3.63, 3.8) is 0 Å². The van der Waals surface area contributed by atoms with Crippen molar-refractivity contribution < 1.29 is 66.9 Å². The number of anilines is 1. The van der Waals surface area contributed by atoms with Crippen LogP contribution in [0.15, 0.2) is 54.6 Å². The van der Waals surface area contributed by atoms with Gasteiger partial charge in [-0.3, -0.25) is 19.2 Å². The summed E-state index contributed by atoms with van der Waals surface area (Å²) < 4.78 is 51.6. The van der Waals surface area contributed by atoms with Crippen LogP contribution in [-0.2, 0) is 54.1 Å². The largest absolute Gasteiger partial charge is 0.496 e. The van der Waals surface area contributed by atoms with Gasteiger partial charge in [0.05, 0.1) is 116 Å². The highest BCUT2D eigenvalue weighted by Gasteiger charge is 2.39. The third-order valence-electron chi connectivity index (χ3n) is 11.0. The number of carboxylic acids is 1. The van der Waals surface area contributed by atoms with Gasteiger partial charge in [0.2, 0.25) is 11.8 Å². The second-order valence-corrected chi connectivity index (χ2v) is 17.3. The lowest BCUT2D eigenvalue weighted by molar-refractivity contribution is -0.139. The monoisotopic (exact) mass is 999 g/mol. The minimum Gasteiger partial charge on any atom is -0.496 e. The van der Waals surface area contributed by atoms with Crippen molar-refractivity contribution in [3.05, 3.63) is 75.9 Å². The highest BCUT2D eigenvalue weighted by molar-refractivity contribution is 6.34. The van der Waals surface area contributed by atoms with Gasteiger partial charge < -0.3 is 63.3 Å². The third-order valence-corrected chi connectivity index (χ3v) is 11.4. The van der Waals surface area contributed by atoms with Crippen molar-refractivity contribution >= 4 is 52.6 Å². The number of morpholine rings is 1. The van der Waals surface area contributed by atoms with Crippen LogP contribution in [0.5, 0.6) is 11.5 Å². The summed E-state index contributed by atoms with van der Waals surface area (Å²) in [5.41, 5.74) is 3.38. The lowest BCUT2D eigenvalue weighted by Gasteiger charge is -2.41. The quantitative estimate of drug-likeness (QED) is 0.0613. The molecule has 19 nitrogen and oxygen atoms in total. The normalized spacial score (nSPS) is 14.3. The van der Waals surface area contributed by atoms with E-state index in [2.05, 4.69) is 10.6 Å². The number of benzene rings is 3. The van der Waals surface area contributed by atoms with E-state index in [0.717, 1.165) is 0 Å². The summed E-state index contributed by atoms with van der Waals surface area (Å²) in [7, 11) is 3.13. The topological polar surface area (TPSA) is 217 Å². The molecule has 1 aromatic heterocycles. The van der Waals surface area contributed by atoms with Crippen molar-refractivity contribution in [1.29, 1.82) is 0 Å². The summed E-state index contributed by atoms with van der Waals surface area (Å²) in [5, 5.41) is 20.6. The van der Waals surface area contributed by atoms with E-state index >= 15 is 0 Å². The Morgan fingerprint density at radius 3 is 2.07 bits per heavy atom. The van der Waals surface area contributed by atoms with Crippen molar-refractivity contribution in [2.75, 3.05) is 112 Å². The molecule has 3 N–H and O–H groups in total. The van der Waals surface area contributed by atoms with Gasteiger partial charge >= 0.3 is 5.97 Å². The van der Waals surface area contributed by atoms with E-state index in [1.165, 1.54) is 7.11 Å². The molecule has 6 rings (SSSR count). The van der Waals surface area contributed by atoms with Gasteiger partial charge in [-0.05, 0) is 55.8 Å². The molecule has 3 aromatic carbocycles. The molecule has 3 heterocycles. The molecule has 69 heavy (non-hydrogen) atoms. The number of fused-ring (bicyclic) bond motifs is 3. The summed E-state index contributed by atoms with van der Waals surface area (Å²) >= 11 is 13.0. The van der Waals surface area contributed by atoms with Crippen LogP contribution in [-0.4, -0.2) is 162 Å². The number of carbonyl (C=O) groups is 4. The molecule has 4 aromatic rings. The molecular weight excluding hydrogens is 941 g/mol. The van der Waals surface area contributed by atoms with Crippen LogP contribution in [0.2, 0.25) is 10.0 Å². The number of nitrogens with one attached hydrogen (secondary N) is 2. The molecule has 0 unspecified atom stereocenters. The number of carbonyl (C=O) groups excluding carboxylic acids is 3. The summed E-state index contributed by atoms with van der Waals surface area (Å²) in [6, 6.07) is 14.1. The highest BCUT2D eigenvalue weighted by Crippen LogP contribution is 2.47. The predicted octanol–water partition coefficient (Wildman–Crippen LogP) is 5.68. The summed E-state index contributed by atoms with van der Waals surface area (Å²) in [6.07, 6.45) is -0.781.